The Kier molecular flexibility index (Phi) is 2.79. The van der Waals surface area contributed by atoms with Gasteiger partial charge in [0, 0.05) is 38.9 Å². The Balaban J connectivity index is 2.07. The highest BCUT2D eigenvalue weighted by Gasteiger charge is 2.35. The standard InChI is InChI=1S/C12H18N4O/c1-12(13)7-16(8-12)10-5-4-9(6-14-10)11(17)15(2)3/h4-6H,7-8,13H2,1-3H3. The van der Waals surface area contributed by atoms with Crippen LogP contribution in [0.4, 0.5) is 5.82 Å². The molecule has 1 fully saturated rings. The molecule has 0 unspecified atom stereocenters. The molecule has 0 atom stereocenters. The Labute approximate surface area is 101 Å². The van der Waals surface area contributed by atoms with Crippen LogP contribution in [0.15, 0.2) is 18.3 Å². The number of carbonyl (C=O) groups is 1. The molecule has 0 aliphatic carbocycles. The van der Waals surface area contributed by atoms with E-state index >= 15 is 0 Å². The van der Waals surface area contributed by atoms with Gasteiger partial charge in [-0.15, -0.1) is 0 Å². The molecule has 17 heavy (non-hydrogen) atoms. The van der Waals surface area contributed by atoms with E-state index in [4.69, 9.17) is 5.73 Å². The molecule has 0 aromatic carbocycles. The van der Waals surface area contributed by atoms with Crippen LogP contribution in [0, 0.1) is 0 Å². The van der Waals surface area contributed by atoms with Gasteiger partial charge >= 0.3 is 0 Å². The first-order valence-electron chi connectivity index (χ1n) is 5.61. The molecule has 1 aromatic rings. The molecule has 2 rings (SSSR count). The van der Waals surface area contributed by atoms with Crippen molar-refractivity contribution in [2.45, 2.75) is 12.5 Å². The fourth-order valence-corrected chi connectivity index (χ4v) is 1.95. The van der Waals surface area contributed by atoms with Gasteiger partial charge in [-0.1, -0.05) is 0 Å². The number of amides is 1. The van der Waals surface area contributed by atoms with E-state index in [-0.39, 0.29) is 11.4 Å². The van der Waals surface area contributed by atoms with Gasteiger partial charge < -0.3 is 15.5 Å². The van der Waals surface area contributed by atoms with E-state index in [0.717, 1.165) is 18.9 Å². The molecule has 1 aliphatic heterocycles. The zero-order valence-electron chi connectivity index (χ0n) is 10.5. The van der Waals surface area contributed by atoms with Gasteiger partial charge in [-0.05, 0) is 19.1 Å². The first kappa shape index (κ1) is 11.9. The molecule has 0 bridgehead atoms. The highest BCUT2D eigenvalue weighted by Crippen LogP contribution is 2.23. The summed E-state index contributed by atoms with van der Waals surface area (Å²) in [5.41, 5.74) is 6.43. The maximum atomic E-state index is 11.7. The van der Waals surface area contributed by atoms with Crippen LogP contribution in [-0.2, 0) is 0 Å². The quantitative estimate of drug-likeness (QED) is 0.800. The molecule has 92 valence electrons. The van der Waals surface area contributed by atoms with Gasteiger partial charge in [0.1, 0.15) is 5.82 Å². The average Bonchev–Trinajstić information content (AvgIpc) is 2.25. The molecular weight excluding hydrogens is 216 g/mol. The molecule has 1 aromatic heterocycles. The minimum Gasteiger partial charge on any atom is -0.353 e. The Bertz CT molecular complexity index is 417. The minimum absolute atomic E-state index is 0.0312. The predicted octanol–water partition coefficient (Wildman–Crippen LogP) is 0.321. The van der Waals surface area contributed by atoms with Gasteiger partial charge in [-0.3, -0.25) is 4.79 Å². The molecule has 5 heteroatoms. The van der Waals surface area contributed by atoms with Crippen LogP contribution in [0.25, 0.3) is 0 Å². The SMILES string of the molecule is CN(C)C(=O)c1ccc(N2CC(C)(N)C2)nc1. The van der Waals surface area contributed by atoms with Crippen LogP contribution in [-0.4, -0.2) is 48.5 Å². The second-order valence-electron chi connectivity index (χ2n) is 5.11. The van der Waals surface area contributed by atoms with Crippen molar-refractivity contribution in [1.29, 1.82) is 0 Å². The van der Waals surface area contributed by atoms with Gasteiger partial charge in [-0.2, -0.15) is 0 Å². The van der Waals surface area contributed by atoms with Crippen molar-refractivity contribution < 1.29 is 4.79 Å². The number of nitrogens with zero attached hydrogens (tertiary/aromatic N) is 3. The highest BCUT2D eigenvalue weighted by molar-refractivity contribution is 5.93. The van der Waals surface area contributed by atoms with E-state index in [1.165, 1.54) is 4.90 Å². The third kappa shape index (κ3) is 2.39. The van der Waals surface area contributed by atoms with Gasteiger partial charge in [0.2, 0.25) is 0 Å². The van der Waals surface area contributed by atoms with Crippen LogP contribution in [0.5, 0.6) is 0 Å². The summed E-state index contributed by atoms with van der Waals surface area (Å²) in [5, 5.41) is 0. The second-order valence-corrected chi connectivity index (χ2v) is 5.11. The zero-order valence-corrected chi connectivity index (χ0v) is 10.5. The maximum absolute atomic E-state index is 11.7. The molecule has 1 saturated heterocycles. The van der Waals surface area contributed by atoms with E-state index in [2.05, 4.69) is 9.88 Å². The Morgan fingerprint density at radius 3 is 2.53 bits per heavy atom. The van der Waals surface area contributed by atoms with Gasteiger partial charge in [0.05, 0.1) is 5.56 Å². The van der Waals surface area contributed by atoms with Gasteiger partial charge in [0.15, 0.2) is 0 Å². The molecule has 1 amide bonds. The third-order valence-corrected chi connectivity index (χ3v) is 2.83. The number of hydrogen-bond acceptors (Lipinski definition) is 4. The van der Waals surface area contributed by atoms with Gasteiger partial charge in [0.25, 0.3) is 5.91 Å². The second kappa shape index (κ2) is 4.00. The minimum atomic E-state index is -0.111. The maximum Gasteiger partial charge on any atom is 0.254 e. The summed E-state index contributed by atoms with van der Waals surface area (Å²) >= 11 is 0. The van der Waals surface area contributed by atoms with Crippen molar-refractivity contribution in [2.24, 2.45) is 5.73 Å². The largest absolute Gasteiger partial charge is 0.353 e. The lowest BCUT2D eigenvalue weighted by molar-refractivity contribution is 0.0827. The molecule has 1 aliphatic rings. The van der Waals surface area contributed by atoms with Crippen LogP contribution >= 0.6 is 0 Å². The van der Waals surface area contributed by atoms with Crippen LogP contribution in [0.1, 0.15) is 17.3 Å². The van der Waals surface area contributed by atoms with Crippen LogP contribution in [0.3, 0.4) is 0 Å². The number of carbonyl (C=O) groups excluding carboxylic acids is 1. The van der Waals surface area contributed by atoms with Crippen molar-refractivity contribution in [3.8, 4) is 0 Å². The lowest BCUT2D eigenvalue weighted by atomic mass is 9.94. The van der Waals surface area contributed by atoms with Crippen LogP contribution < -0.4 is 10.6 Å². The van der Waals surface area contributed by atoms with Gasteiger partial charge in [-0.25, -0.2) is 4.98 Å². The summed E-state index contributed by atoms with van der Waals surface area (Å²) in [4.78, 5) is 19.6. The summed E-state index contributed by atoms with van der Waals surface area (Å²) < 4.78 is 0. The van der Waals surface area contributed by atoms with Crippen molar-refractivity contribution in [3.05, 3.63) is 23.9 Å². The summed E-state index contributed by atoms with van der Waals surface area (Å²) in [7, 11) is 3.46. The fourth-order valence-electron chi connectivity index (χ4n) is 1.95. The van der Waals surface area contributed by atoms with Crippen LogP contribution in [0.2, 0.25) is 0 Å². The Morgan fingerprint density at radius 1 is 1.47 bits per heavy atom. The molecule has 0 saturated carbocycles. The summed E-state index contributed by atoms with van der Waals surface area (Å²) in [5.74, 6) is 0.847. The van der Waals surface area contributed by atoms with E-state index < -0.39 is 0 Å². The molecular formula is C12H18N4O. The number of nitrogens with two attached hydrogens (primary N) is 1. The number of aromatic nitrogens is 1. The Hall–Kier alpha value is -1.62. The first-order chi connectivity index (χ1) is 7.89. The monoisotopic (exact) mass is 234 g/mol. The summed E-state index contributed by atoms with van der Waals surface area (Å²) in [6.45, 7) is 3.63. The van der Waals surface area contributed by atoms with Crippen molar-refractivity contribution in [2.75, 3.05) is 32.1 Å². The molecule has 0 spiro atoms. The number of anilines is 1. The lowest BCUT2D eigenvalue weighted by Gasteiger charge is -2.46. The molecule has 2 N–H and O–H groups in total. The van der Waals surface area contributed by atoms with E-state index in [1.54, 1.807) is 26.4 Å². The predicted molar refractivity (Wildman–Crippen MR) is 67.1 cm³/mol. The number of pyridine rings is 1. The van der Waals surface area contributed by atoms with Crippen molar-refractivity contribution in [3.63, 3.8) is 0 Å². The first-order valence-corrected chi connectivity index (χ1v) is 5.61. The number of hydrogen-bond donors (Lipinski definition) is 1. The van der Waals surface area contributed by atoms with Crippen molar-refractivity contribution >= 4 is 11.7 Å². The van der Waals surface area contributed by atoms with E-state index in [0.29, 0.717) is 5.56 Å². The normalized spacial score (nSPS) is 17.5. The summed E-state index contributed by atoms with van der Waals surface area (Å²) in [6, 6.07) is 3.67. The molecule has 5 nitrogen and oxygen atoms in total. The lowest BCUT2D eigenvalue weighted by Crippen LogP contribution is -2.65. The highest BCUT2D eigenvalue weighted by atomic mass is 16.2. The third-order valence-electron chi connectivity index (χ3n) is 2.83. The van der Waals surface area contributed by atoms with E-state index in [9.17, 15) is 4.79 Å². The molecule has 2 heterocycles. The smallest absolute Gasteiger partial charge is 0.254 e. The Morgan fingerprint density at radius 2 is 2.12 bits per heavy atom. The average molecular weight is 234 g/mol. The zero-order chi connectivity index (χ0) is 12.6. The van der Waals surface area contributed by atoms with Crippen molar-refractivity contribution in [1.82, 2.24) is 9.88 Å². The molecule has 0 radical (unpaired) electrons. The van der Waals surface area contributed by atoms with E-state index in [1.807, 2.05) is 13.0 Å². The summed E-state index contributed by atoms with van der Waals surface area (Å²) in [6.07, 6.45) is 1.61. The topological polar surface area (TPSA) is 62.5 Å². The number of rotatable bonds is 2. The fraction of sp³-hybridized carbons (Fsp3) is 0.500.